The Hall–Kier alpha value is -1.29. The van der Waals surface area contributed by atoms with Crippen LogP contribution in [0.2, 0.25) is 0 Å². The van der Waals surface area contributed by atoms with Crippen molar-refractivity contribution in [2.24, 2.45) is 0 Å². The van der Waals surface area contributed by atoms with Crippen LogP contribution in [-0.4, -0.2) is 30.8 Å². The maximum atomic E-state index is 11.7. The van der Waals surface area contributed by atoms with Gasteiger partial charge >= 0.3 is 5.97 Å². The Balaban J connectivity index is 2.22. The van der Waals surface area contributed by atoms with Gasteiger partial charge in [0.1, 0.15) is 5.41 Å². The summed E-state index contributed by atoms with van der Waals surface area (Å²) in [6.07, 6.45) is 3.62. The molecule has 14 heavy (non-hydrogen) atoms. The van der Waals surface area contributed by atoms with Gasteiger partial charge in [0.15, 0.2) is 0 Å². The molecule has 2 heterocycles. The fourth-order valence-electron chi connectivity index (χ4n) is 1.60. The number of nitrogens with one attached hydrogen (secondary N) is 1. The number of carbonyl (C=O) groups is 1. The van der Waals surface area contributed by atoms with E-state index in [9.17, 15) is 4.79 Å². The minimum Gasteiger partial charge on any atom is -0.465 e. The summed E-state index contributed by atoms with van der Waals surface area (Å²) in [5, 5.41) is 0. The van der Waals surface area contributed by atoms with Crippen molar-refractivity contribution in [3.63, 3.8) is 0 Å². The van der Waals surface area contributed by atoms with Crippen LogP contribution in [0, 0.1) is 0 Å². The molecule has 1 fully saturated rings. The van der Waals surface area contributed by atoms with Gasteiger partial charge in [-0.25, -0.2) is 0 Å². The average Bonchev–Trinajstić information content (AvgIpc) is 2.56. The van der Waals surface area contributed by atoms with E-state index in [4.69, 9.17) is 9.47 Å². The normalized spacial score (nSPS) is 18.6. The summed E-state index contributed by atoms with van der Waals surface area (Å²) in [4.78, 5) is 14.7. The molecule has 0 bridgehead atoms. The number of hydrogen-bond acceptors (Lipinski definition) is 3. The molecule has 2 rings (SSSR count). The number of ether oxygens (including phenoxy) is 2. The number of rotatable bonds is 3. The van der Waals surface area contributed by atoms with Crippen molar-refractivity contribution in [2.45, 2.75) is 12.3 Å². The molecule has 0 saturated carbocycles. The third-order valence-electron chi connectivity index (χ3n) is 2.51. The van der Waals surface area contributed by atoms with Gasteiger partial charge in [-0.2, -0.15) is 0 Å². The van der Waals surface area contributed by atoms with E-state index < -0.39 is 5.41 Å². The van der Waals surface area contributed by atoms with Crippen molar-refractivity contribution in [1.82, 2.24) is 4.98 Å². The lowest BCUT2D eigenvalue weighted by Gasteiger charge is -2.38. The van der Waals surface area contributed by atoms with Gasteiger partial charge in [0.05, 0.1) is 19.8 Å². The zero-order valence-electron chi connectivity index (χ0n) is 8.08. The molecule has 1 aromatic heterocycles. The largest absolute Gasteiger partial charge is 0.465 e. The number of H-pyrrole nitrogens is 1. The third kappa shape index (κ3) is 1.23. The van der Waals surface area contributed by atoms with Gasteiger partial charge < -0.3 is 14.5 Å². The highest BCUT2D eigenvalue weighted by atomic mass is 16.6. The molecule has 1 saturated heterocycles. The molecule has 0 aromatic carbocycles. The molecule has 0 amide bonds. The van der Waals surface area contributed by atoms with E-state index in [2.05, 4.69) is 4.98 Å². The first kappa shape index (κ1) is 9.27. The van der Waals surface area contributed by atoms with Gasteiger partial charge in [0.25, 0.3) is 0 Å². The van der Waals surface area contributed by atoms with Crippen molar-refractivity contribution >= 4 is 5.97 Å². The van der Waals surface area contributed by atoms with Crippen LogP contribution in [0.5, 0.6) is 0 Å². The molecule has 0 spiro atoms. The fraction of sp³-hybridized carbons (Fsp3) is 0.500. The summed E-state index contributed by atoms with van der Waals surface area (Å²) in [6.45, 7) is 3.06. The monoisotopic (exact) mass is 195 g/mol. The maximum absolute atomic E-state index is 11.7. The first-order valence-electron chi connectivity index (χ1n) is 4.68. The van der Waals surface area contributed by atoms with E-state index in [0.29, 0.717) is 19.8 Å². The van der Waals surface area contributed by atoms with Crippen molar-refractivity contribution < 1.29 is 14.3 Å². The summed E-state index contributed by atoms with van der Waals surface area (Å²) in [5.41, 5.74) is 0.387. The summed E-state index contributed by atoms with van der Waals surface area (Å²) in [7, 11) is 0. The highest BCUT2D eigenvalue weighted by Gasteiger charge is 2.49. The lowest BCUT2D eigenvalue weighted by Crippen LogP contribution is -2.53. The Morgan fingerprint density at radius 2 is 2.50 bits per heavy atom. The van der Waals surface area contributed by atoms with Gasteiger partial charge in [-0.05, 0) is 18.6 Å². The SMILES string of the molecule is CCOC(=O)C1(c2cc[nH]c2)COC1. The highest BCUT2D eigenvalue weighted by molar-refractivity contribution is 5.84. The predicted octanol–water partition coefficient (Wildman–Crippen LogP) is 0.846. The third-order valence-corrected chi connectivity index (χ3v) is 2.51. The Kier molecular flexibility index (Phi) is 2.29. The van der Waals surface area contributed by atoms with Crippen LogP contribution in [0.3, 0.4) is 0 Å². The van der Waals surface area contributed by atoms with Crippen LogP contribution in [0.25, 0.3) is 0 Å². The van der Waals surface area contributed by atoms with Crippen LogP contribution < -0.4 is 0 Å². The van der Waals surface area contributed by atoms with Crippen molar-refractivity contribution in [1.29, 1.82) is 0 Å². The number of carbonyl (C=O) groups excluding carboxylic acids is 1. The van der Waals surface area contributed by atoms with Gasteiger partial charge in [-0.1, -0.05) is 0 Å². The summed E-state index contributed by atoms with van der Waals surface area (Å²) in [6, 6.07) is 1.89. The molecule has 1 N–H and O–H groups in total. The summed E-state index contributed by atoms with van der Waals surface area (Å²) in [5.74, 6) is -0.189. The lowest BCUT2D eigenvalue weighted by molar-refractivity contribution is -0.169. The van der Waals surface area contributed by atoms with E-state index in [-0.39, 0.29) is 5.97 Å². The molecular formula is C10H13NO3. The van der Waals surface area contributed by atoms with Crippen LogP contribution in [0.1, 0.15) is 12.5 Å². The van der Waals surface area contributed by atoms with E-state index >= 15 is 0 Å². The van der Waals surface area contributed by atoms with E-state index in [1.54, 1.807) is 6.20 Å². The molecule has 4 nitrogen and oxygen atoms in total. The standard InChI is InChI=1S/C10H13NO3/c1-2-14-9(12)10(6-13-7-10)8-3-4-11-5-8/h3-5,11H,2,6-7H2,1H3. The quantitative estimate of drug-likeness (QED) is 0.727. The Bertz CT molecular complexity index is 314. The molecule has 0 unspecified atom stereocenters. The zero-order chi connectivity index (χ0) is 10.0. The van der Waals surface area contributed by atoms with E-state index in [0.717, 1.165) is 5.56 Å². The fourth-order valence-corrected chi connectivity index (χ4v) is 1.60. The van der Waals surface area contributed by atoms with Gasteiger partial charge in [0, 0.05) is 12.4 Å². The molecule has 76 valence electrons. The second kappa shape index (κ2) is 3.46. The van der Waals surface area contributed by atoms with Crippen LogP contribution in [0.4, 0.5) is 0 Å². The zero-order valence-corrected chi connectivity index (χ0v) is 8.08. The Morgan fingerprint density at radius 1 is 1.71 bits per heavy atom. The molecule has 0 atom stereocenters. The van der Waals surface area contributed by atoms with E-state index in [1.165, 1.54) is 0 Å². The van der Waals surface area contributed by atoms with Gasteiger partial charge in [-0.15, -0.1) is 0 Å². The maximum Gasteiger partial charge on any atom is 0.321 e. The van der Waals surface area contributed by atoms with Gasteiger partial charge in [-0.3, -0.25) is 4.79 Å². The van der Waals surface area contributed by atoms with Crippen molar-refractivity contribution in [2.75, 3.05) is 19.8 Å². The number of aromatic nitrogens is 1. The second-order valence-corrected chi connectivity index (χ2v) is 3.40. The molecule has 1 aliphatic rings. The van der Waals surface area contributed by atoms with Crippen LogP contribution in [0.15, 0.2) is 18.5 Å². The minimum absolute atomic E-state index is 0.189. The first-order valence-corrected chi connectivity index (χ1v) is 4.68. The Labute approximate surface area is 82.2 Å². The number of esters is 1. The smallest absolute Gasteiger partial charge is 0.321 e. The summed E-state index contributed by atoms with van der Waals surface area (Å²) < 4.78 is 10.2. The van der Waals surface area contributed by atoms with Crippen LogP contribution >= 0.6 is 0 Å². The molecule has 1 aromatic rings. The molecular weight excluding hydrogens is 182 g/mol. The first-order chi connectivity index (χ1) is 6.79. The molecule has 4 heteroatoms. The second-order valence-electron chi connectivity index (χ2n) is 3.40. The van der Waals surface area contributed by atoms with E-state index in [1.807, 2.05) is 19.2 Å². The van der Waals surface area contributed by atoms with Crippen molar-refractivity contribution in [3.8, 4) is 0 Å². The summed E-state index contributed by atoms with van der Waals surface area (Å²) >= 11 is 0. The topological polar surface area (TPSA) is 51.3 Å². The van der Waals surface area contributed by atoms with Gasteiger partial charge in [0.2, 0.25) is 0 Å². The predicted molar refractivity (Wildman–Crippen MR) is 49.9 cm³/mol. The van der Waals surface area contributed by atoms with Crippen molar-refractivity contribution in [3.05, 3.63) is 24.0 Å². The number of aromatic amines is 1. The number of hydrogen-bond donors (Lipinski definition) is 1. The minimum atomic E-state index is -0.560. The molecule has 0 radical (unpaired) electrons. The average molecular weight is 195 g/mol. The van der Waals surface area contributed by atoms with Crippen LogP contribution in [-0.2, 0) is 19.7 Å². The highest BCUT2D eigenvalue weighted by Crippen LogP contribution is 2.33. The Morgan fingerprint density at radius 3 is 2.93 bits per heavy atom. The lowest BCUT2D eigenvalue weighted by atomic mass is 9.80. The molecule has 0 aliphatic carbocycles. The molecule has 1 aliphatic heterocycles.